The summed E-state index contributed by atoms with van der Waals surface area (Å²) in [6, 6.07) is 19.7. The fourth-order valence-electron chi connectivity index (χ4n) is 6.40. The predicted molar refractivity (Wildman–Crippen MR) is 222 cm³/mol. The number of nitrogens with two attached hydrogens (primary N) is 1. The number of urea groups is 1. The highest BCUT2D eigenvalue weighted by Crippen LogP contribution is 2.19. The largest absolute Gasteiger partial charge is 0.361 e. The van der Waals surface area contributed by atoms with Crippen molar-refractivity contribution in [2.75, 3.05) is 18.4 Å². The lowest BCUT2D eigenvalue weighted by molar-refractivity contribution is -0.133. The van der Waals surface area contributed by atoms with E-state index in [1.165, 1.54) is 13.3 Å². The number of benzene rings is 3. The maximum Gasteiger partial charge on any atom is 0.333 e. The van der Waals surface area contributed by atoms with E-state index in [2.05, 4.69) is 52.4 Å². The van der Waals surface area contributed by atoms with Crippen LogP contribution in [0.2, 0.25) is 5.02 Å². The molecule has 3 aromatic carbocycles. The van der Waals surface area contributed by atoms with Crippen molar-refractivity contribution in [2.45, 2.75) is 69.6 Å². The summed E-state index contributed by atoms with van der Waals surface area (Å²) in [4.78, 5) is 76.5. The first-order valence-corrected chi connectivity index (χ1v) is 19.5. The Kier molecular flexibility index (Phi) is 16.2. The van der Waals surface area contributed by atoms with Crippen molar-refractivity contribution in [1.29, 1.82) is 0 Å². The van der Waals surface area contributed by atoms with E-state index in [1.54, 1.807) is 30.5 Å². The SMILES string of the molecule is CC(=O)N[C@@H](Cc1cnc[nH]1)C(=O)N[C@H](Cc1ccccc1)C(=O)N[C@@H](CCCCNNC(=O)Nc1ccc(Cl)cc1)C(=O)N[C@H](CN)Cc1c[nH]c2ccccc12. The van der Waals surface area contributed by atoms with E-state index in [0.717, 1.165) is 22.0 Å². The zero-order chi connectivity index (χ0) is 41.3. The second kappa shape index (κ2) is 21.9. The van der Waals surface area contributed by atoms with E-state index < -0.39 is 53.8 Å². The Morgan fingerprint density at radius 1 is 0.759 bits per heavy atom. The summed E-state index contributed by atoms with van der Waals surface area (Å²) in [5, 5.41) is 15.7. The lowest BCUT2D eigenvalue weighted by atomic mass is 10.0. The number of halogens is 1. The predicted octanol–water partition coefficient (Wildman–Crippen LogP) is 2.99. The van der Waals surface area contributed by atoms with Crippen LogP contribution >= 0.6 is 11.6 Å². The molecule has 0 aliphatic heterocycles. The summed E-state index contributed by atoms with van der Waals surface area (Å²) in [5.41, 5.74) is 15.5. The number of hydrazine groups is 1. The van der Waals surface area contributed by atoms with Crippen LogP contribution in [0.4, 0.5) is 10.5 Å². The molecule has 6 amide bonds. The molecule has 5 rings (SSSR count). The van der Waals surface area contributed by atoms with Gasteiger partial charge in [0.1, 0.15) is 18.1 Å². The second-order valence-corrected chi connectivity index (χ2v) is 14.3. The number of para-hydroxylation sites is 1. The van der Waals surface area contributed by atoms with Crippen LogP contribution in [0.5, 0.6) is 0 Å². The van der Waals surface area contributed by atoms with Crippen molar-refractivity contribution in [3.63, 3.8) is 0 Å². The number of amides is 6. The average molecular weight is 812 g/mol. The molecule has 0 aliphatic carbocycles. The van der Waals surface area contributed by atoms with Crippen LogP contribution in [0.3, 0.4) is 0 Å². The highest BCUT2D eigenvalue weighted by atomic mass is 35.5. The topological polar surface area (TPSA) is 240 Å². The molecule has 0 bridgehead atoms. The first-order chi connectivity index (χ1) is 28.1. The van der Waals surface area contributed by atoms with Gasteiger partial charge in [0.15, 0.2) is 0 Å². The lowest BCUT2D eigenvalue weighted by Crippen LogP contribution is -2.58. The number of unbranched alkanes of at least 4 members (excludes halogenated alkanes) is 1. The molecule has 4 atom stereocenters. The van der Waals surface area contributed by atoms with Gasteiger partial charge in [-0.3, -0.25) is 24.6 Å². The van der Waals surface area contributed by atoms with Crippen LogP contribution < -0.4 is 43.2 Å². The van der Waals surface area contributed by atoms with Crippen LogP contribution in [0, 0.1) is 0 Å². The summed E-state index contributed by atoms with van der Waals surface area (Å²) in [5.74, 6) is -2.02. The number of carbonyl (C=O) groups is 5. The van der Waals surface area contributed by atoms with E-state index in [4.69, 9.17) is 17.3 Å². The molecule has 17 heteroatoms. The molecule has 0 saturated heterocycles. The smallest absolute Gasteiger partial charge is 0.333 e. The third-order valence-corrected chi connectivity index (χ3v) is 9.59. The molecule has 58 heavy (non-hydrogen) atoms. The van der Waals surface area contributed by atoms with Crippen molar-refractivity contribution < 1.29 is 24.0 Å². The monoisotopic (exact) mass is 811 g/mol. The van der Waals surface area contributed by atoms with Gasteiger partial charge in [-0.05, 0) is 67.1 Å². The van der Waals surface area contributed by atoms with Gasteiger partial charge >= 0.3 is 6.03 Å². The van der Waals surface area contributed by atoms with Crippen molar-refractivity contribution >= 4 is 57.9 Å². The third kappa shape index (κ3) is 13.5. The molecule has 11 N–H and O–H groups in total. The van der Waals surface area contributed by atoms with Crippen LogP contribution in [0.15, 0.2) is 97.6 Å². The molecule has 2 heterocycles. The fraction of sp³-hybridized carbons (Fsp3) is 0.317. The Balaban J connectivity index is 1.27. The summed E-state index contributed by atoms with van der Waals surface area (Å²) in [6.07, 6.45) is 6.84. The Bertz CT molecular complexity index is 2090. The molecule has 0 fully saturated rings. The first kappa shape index (κ1) is 42.9. The summed E-state index contributed by atoms with van der Waals surface area (Å²) >= 11 is 5.92. The number of rotatable bonds is 21. The number of fused-ring (bicyclic) bond motifs is 1. The summed E-state index contributed by atoms with van der Waals surface area (Å²) < 4.78 is 0. The highest BCUT2D eigenvalue weighted by molar-refractivity contribution is 6.30. The van der Waals surface area contributed by atoms with Gasteiger partial charge in [-0.2, -0.15) is 0 Å². The Labute approximate surface area is 341 Å². The van der Waals surface area contributed by atoms with Crippen molar-refractivity contribution in [3.8, 4) is 0 Å². The zero-order valence-corrected chi connectivity index (χ0v) is 32.9. The van der Waals surface area contributed by atoms with E-state index in [0.29, 0.717) is 42.2 Å². The van der Waals surface area contributed by atoms with Crippen LogP contribution in [0.1, 0.15) is 43.0 Å². The normalized spacial score (nSPS) is 13.1. The average Bonchev–Trinajstić information content (AvgIpc) is 3.89. The summed E-state index contributed by atoms with van der Waals surface area (Å²) in [6.45, 7) is 1.82. The minimum Gasteiger partial charge on any atom is -0.361 e. The molecule has 0 spiro atoms. The van der Waals surface area contributed by atoms with Gasteiger partial charge < -0.3 is 42.3 Å². The van der Waals surface area contributed by atoms with Gasteiger partial charge in [0.2, 0.25) is 23.6 Å². The number of carbonyl (C=O) groups excluding carboxylic acids is 5. The number of H-pyrrole nitrogens is 2. The molecule has 2 aromatic heterocycles. The van der Waals surface area contributed by atoms with Crippen molar-refractivity contribution in [2.24, 2.45) is 5.73 Å². The maximum atomic E-state index is 14.2. The minimum atomic E-state index is -1.11. The molecule has 0 unspecified atom stereocenters. The van der Waals surface area contributed by atoms with Crippen molar-refractivity contribution in [3.05, 3.63) is 119 Å². The Hall–Kier alpha value is -6.23. The van der Waals surface area contributed by atoms with Crippen LogP contribution in [-0.2, 0) is 38.4 Å². The van der Waals surface area contributed by atoms with Gasteiger partial charge in [-0.25, -0.2) is 15.2 Å². The van der Waals surface area contributed by atoms with Gasteiger partial charge in [0.05, 0.1) is 6.33 Å². The molecule has 306 valence electrons. The van der Waals surface area contributed by atoms with Gasteiger partial charge in [0.25, 0.3) is 0 Å². The fourth-order valence-corrected chi connectivity index (χ4v) is 6.53. The number of aromatic nitrogens is 3. The second-order valence-electron chi connectivity index (χ2n) is 13.9. The Morgan fingerprint density at radius 2 is 1.45 bits per heavy atom. The zero-order valence-electron chi connectivity index (χ0n) is 32.1. The van der Waals surface area contributed by atoms with Crippen molar-refractivity contribution in [1.82, 2.24) is 47.1 Å². The standard InChI is InChI=1S/C41H50ClN11O5/c1-26(54)48-37(21-32-24-44-25-46-32)40(57)52-36(19-27-9-3-2-4-10-27)39(56)51-35(13-7-8-18-47-53-41(58)50-30-16-14-29(42)15-17-30)38(55)49-31(22-43)20-28-23-45-34-12-6-5-11-33(28)34/h2-6,9-12,14-17,23-25,31,35-37,45,47H,7-8,13,18-22,43H2,1H3,(H,44,46)(H,48,54)(H,49,55)(H,51,56)(H,52,57)(H2,50,53,58)/t31-,35-,36+,37-/m0/s1. The van der Waals surface area contributed by atoms with E-state index in [1.807, 2.05) is 60.8 Å². The number of aromatic amines is 2. The number of nitrogens with one attached hydrogen (secondary N) is 9. The quantitative estimate of drug-likeness (QED) is 0.0390. The number of anilines is 1. The van der Waals surface area contributed by atoms with Crippen LogP contribution in [-0.4, -0.2) is 81.9 Å². The van der Waals surface area contributed by atoms with Gasteiger partial charge in [0, 0.05) is 78.6 Å². The first-order valence-electron chi connectivity index (χ1n) is 19.1. The summed E-state index contributed by atoms with van der Waals surface area (Å²) in [7, 11) is 0. The number of imidazole rings is 1. The van der Waals surface area contributed by atoms with Gasteiger partial charge in [-0.1, -0.05) is 60.1 Å². The van der Waals surface area contributed by atoms with E-state index >= 15 is 0 Å². The molecule has 5 aromatic rings. The number of hydrogen-bond donors (Lipinski definition) is 10. The molecular formula is C41H50ClN11O5. The number of nitrogens with zero attached hydrogens (tertiary/aromatic N) is 1. The number of hydrogen-bond acceptors (Lipinski definition) is 8. The third-order valence-electron chi connectivity index (χ3n) is 9.34. The van der Waals surface area contributed by atoms with Gasteiger partial charge in [-0.15, -0.1) is 0 Å². The molecule has 0 radical (unpaired) electrons. The van der Waals surface area contributed by atoms with E-state index in [9.17, 15) is 24.0 Å². The maximum absolute atomic E-state index is 14.2. The molecule has 0 aliphatic rings. The lowest BCUT2D eigenvalue weighted by Gasteiger charge is -2.26. The van der Waals surface area contributed by atoms with E-state index in [-0.39, 0.29) is 25.8 Å². The highest BCUT2D eigenvalue weighted by Gasteiger charge is 2.30. The molecule has 0 saturated carbocycles. The molecule has 16 nitrogen and oxygen atoms in total. The Morgan fingerprint density at radius 3 is 2.16 bits per heavy atom. The molecular weight excluding hydrogens is 762 g/mol. The minimum absolute atomic E-state index is 0.110. The van der Waals surface area contributed by atoms with Crippen LogP contribution in [0.25, 0.3) is 10.9 Å².